The van der Waals surface area contributed by atoms with E-state index in [1.165, 1.54) is 0 Å². The SMILES string of the molecule is C1=C(OC2CCNC2)CCCO1. The van der Waals surface area contributed by atoms with Gasteiger partial charge in [0.15, 0.2) is 0 Å². The van der Waals surface area contributed by atoms with E-state index in [0.29, 0.717) is 6.10 Å². The Morgan fingerprint density at radius 3 is 3.25 bits per heavy atom. The summed E-state index contributed by atoms with van der Waals surface area (Å²) < 4.78 is 10.9. The van der Waals surface area contributed by atoms with Crippen LogP contribution in [-0.4, -0.2) is 25.8 Å². The molecule has 1 fully saturated rings. The molecule has 1 unspecified atom stereocenters. The maximum atomic E-state index is 5.73. The molecule has 0 amide bonds. The molecular formula is C9H15NO2. The van der Waals surface area contributed by atoms with E-state index in [1.807, 2.05) is 0 Å². The van der Waals surface area contributed by atoms with Gasteiger partial charge in [-0.25, -0.2) is 0 Å². The highest BCUT2D eigenvalue weighted by atomic mass is 16.5. The summed E-state index contributed by atoms with van der Waals surface area (Å²) in [6, 6.07) is 0. The van der Waals surface area contributed by atoms with Crippen molar-refractivity contribution < 1.29 is 9.47 Å². The van der Waals surface area contributed by atoms with Crippen LogP contribution in [0.3, 0.4) is 0 Å². The number of hydrogen-bond acceptors (Lipinski definition) is 3. The summed E-state index contributed by atoms with van der Waals surface area (Å²) in [5, 5.41) is 3.27. The van der Waals surface area contributed by atoms with E-state index in [1.54, 1.807) is 6.26 Å². The maximum Gasteiger partial charge on any atom is 0.131 e. The largest absolute Gasteiger partial charge is 0.498 e. The van der Waals surface area contributed by atoms with Gasteiger partial charge in [0.1, 0.15) is 18.1 Å². The Labute approximate surface area is 72.7 Å². The summed E-state index contributed by atoms with van der Waals surface area (Å²) in [4.78, 5) is 0. The van der Waals surface area contributed by atoms with Crippen LogP contribution in [0.15, 0.2) is 12.0 Å². The predicted octanol–water partition coefficient (Wildman–Crippen LogP) is 1.02. The number of rotatable bonds is 2. The van der Waals surface area contributed by atoms with Crippen LogP contribution in [0, 0.1) is 0 Å². The minimum atomic E-state index is 0.373. The second kappa shape index (κ2) is 3.81. The van der Waals surface area contributed by atoms with Gasteiger partial charge in [0.25, 0.3) is 0 Å². The van der Waals surface area contributed by atoms with Gasteiger partial charge in [-0.1, -0.05) is 0 Å². The van der Waals surface area contributed by atoms with Gasteiger partial charge in [-0.3, -0.25) is 0 Å². The second-order valence-corrected chi connectivity index (χ2v) is 3.29. The van der Waals surface area contributed by atoms with Crippen molar-refractivity contribution in [1.29, 1.82) is 0 Å². The van der Waals surface area contributed by atoms with Gasteiger partial charge in [-0.2, -0.15) is 0 Å². The third-order valence-corrected chi connectivity index (χ3v) is 2.23. The Kier molecular flexibility index (Phi) is 2.51. The summed E-state index contributed by atoms with van der Waals surface area (Å²) in [6.45, 7) is 2.91. The molecule has 0 aromatic heterocycles. The Morgan fingerprint density at radius 2 is 2.58 bits per heavy atom. The standard InChI is InChI=1S/C9H15NO2/c1-2-9(7-11-5-1)12-8-3-4-10-6-8/h7-8,10H,1-6H2. The van der Waals surface area contributed by atoms with Gasteiger partial charge < -0.3 is 14.8 Å². The van der Waals surface area contributed by atoms with Gasteiger partial charge in [0.2, 0.25) is 0 Å². The van der Waals surface area contributed by atoms with Crippen LogP contribution in [0.5, 0.6) is 0 Å². The van der Waals surface area contributed by atoms with E-state index in [-0.39, 0.29) is 0 Å². The van der Waals surface area contributed by atoms with Crippen molar-refractivity contribution in [3.63, 3.8) is 0 Å². The topological polar surface area (TPSA) is 30.5 Å². The number of ether oxygens (including phenoxy) is 2. The summed E-state index contributed by atoms with van der Waals surface area (Å²) in [6.07, 6.45) is 5.39. The lowest BCUT2D eigenvalue weighted by molar-refractivity contribution is 0.0915. The van der Waals surface area contributed by atoms with Gasteiger partial charge in [-0.05, 0) is 19.4 Å². The first kappa shape index (κ1) is 7.92. The number of nitrogens with one attached hydrogen (secondary N) is 1. The van der Waals surface area contributed by atoms with Crippen LogP contribution in [0.1, 0.15) is 19.3 Å². The van der Waals surface area contributed by atoms with Gasteiger partial charge in [-0.15, -0.1) is 0 Å². The molecule has 1 saturated heterocycles. The first-order valence-electron chi connectivity index (χ1n) is 4.63. The molecule has 0 aromatic rings. The molecule has 0 radical (unpaired) electrons. The highest BCUT2D eigenvalue weighted by Crippen LogP contribution is 2.17. The fourth-order valence-electron chi connectivity index (χ4n) is 1.57. The second-order valence-electron chi connectivity index (χ2n) is 3.29. The molecule has 0 saturated carbocycles. The van der Waals surface area contributed by atoms with Crippen molar-refractivity contribution in [2.24, 2.45) is 0 Å². The van der Waals surface area contributed by atoms with E-state index in [4.69, 9.17) is 9.47 Å². The van der Waals surface area contributed by atoms with Gasteiger partial charge in [0.05, 0.1) is 6.61 Å². The zero-order chi connectivity index (χ0) is 8.23. The van der Waals surface area contributed by atoms with Crippen molar-refractivity contribution >= 4 is 0 Å². The summed E-state index contributed by atoms with van der Waals surface area (Å²) in [5.74, 6) is 1.02. The van der Waals surface area contributed by atoms with Crippen LogP contribution >= 0.6 is 0 Å². The minimum absolute atomic E-state index is 0.373. The molecule has 0 spiro atoms. The zero-order valence-corrected chi connectivity index (χ0v) is 7.21. The Morgan fingerprint density at radius 1 is 1.58 bits per heavy atom. The molecule has 2 aliphatic rings. The normalized spacial score (nSPS) is 29.3. The average molecular weight is 169 g/mol. The number of allylic oxidation sites excluding steroid dienone is 1. The first-order valence-corrected chi connectivity index (χ1v) is 4.63. The van der Waals surface area contributed by atoms with Crippen LogP contribution in [0.2, 0.25) is 0 Å². The highest BCUT2D eigenvalue weighted by molar-refractivity contribution is 4.92. The summed E-state index contributed by atoms with van der Waals surface area (Å²) in [7, 11) is 0. The van der Waals surface area contributed by atoms with Crippen molar-refractivity contribution in [1.82, 2.24) is 5.32 Å². The average Bonchev–Trinajstić information content (AvgIpc) is 2.59. The zero-order valence-electron chi connectivity index (χ0n) is 7.21. The Bertz CT molecular complexity index is 173. The van der Waals surface area contributed by atoms with E-state index >= 15 is 0 Å². The smallest absolute Gasteiger partial charge is 0.131 e. The predicted molar refractivity (Wildman–Crippen MR) is 45.6 cm³/mol. The highest BCUT2D eigenvalue weighted by Gasteiger charge is 2.17. The summed E-state index contributed by atoms with van der Waals surface area (Å²) >= 11 is 0. The molecule has 0 bridgehead atoms. The molecule has 1 N–H and O–H groups in total. The summed E-state index contributed by atoms with van der Waals surface area (Å²) in [5.41, 5.74) is 0. The van der Waals surface area contributed by atoms with Gasteiger partial charge >= 0.3 is 0 Å². The molecule has 0 aromatic carbocycles. The molecule has 1 atom stereocenters. The van der Waals surface area contributed by atoms with Crippen LogP contribution in [-0.2, 0) is 9.47 Å². The van der Waals surface area contributed by atoms with E-state index in [2.05, 4.69) is 5.32 Å². The third kappa shape index (κ3) is 1.91. The maximum absolute atomic E-state index is 5.73. The van der Waals surface area contributed by atoms with Crippen molar-refractivity contribution in [2.75, 3.05) is 19.7 Å². The third-order valence-electron chi connectivity index (χ3n) is 2.23. The fraction of sp³-hybridized carbons (Fsp3) is 0.778. The van der Waals surface area contributed by atoms with Crippen molar-refractivity contribution in [3.8, 4) is 0 Å². The van der Waals surface area contributed by atoms with Crippen LogP contribution < -0.4 is 5.32 Å². The molecule has 2 heterocycles. The molecule has 3 nitrogen and oxygen atoms in total. The molecule has 12 heavy (non-hydrogen) atoms. The fourth-order valence-corrected chi connectivity index (χ4v) is 1.57. The lowest BCUT2D eigenvalue weighted by Crippen LogP contribution is -2.17. The minimum Gasteiger partial charge on any atom is -0.498 e. The van der Waals surface area contributed by atoms with E-state index in [9.17, 15) is 0 Å². The lowest BCUT2D eigenvalue weighted by Gasteiger charge is -2.18. The Balaban J connectivity index is 1.80. The van der Waals surface area contributed by atoms with Gasteiger partial charge in [0, 0.05) is 13.0 Å². The molecule has 3 heteroatoms. The van der Waals surface area contributed by atoms with Crippen molar-refractivity contribution in [2.45, 2.75) is 25.4 Å². The molecule has 68 valence electrons. The molecular weight excluding hydrogens is 154 g/mol. The Hall–Kier alpha value is -0.700. The quantitative estimate of drug-likeness (QED) is 0.669. The van der Waals surface area contributed by atoms with E-state index in [0.717, 1.165) is 44.7 Å². The number of hydrogen-bond donors (Lipinski definition) is 1. The lowest BCUT2D eigenvalue weighted by atomic mass is 10.2. The monoisotopic (exact) mass is 169 g/mol. The first-order chi connectivity index (χ1) is 5.95. The van der Waals surface area contributed by atoms with Crippen LogP contribution in [0.4, 0.5) is 0 Å². The molecule has 0 aliphatic carbocycles. The van der Waals surface area contributed by atoms with E-state index < -0.39 is 0 Å². The van der Waals surface area contributed by atoms with Crippen molar-refractivity contribution in [3.05, 3.63) is 12.0 Å². The molecule has 2 rings (SSSR count). The van der Waals surface area contributed by atoms with Crippen LogP contribution in [0.25, 0.3) is 0 Å². The molecule has 2 aliphatic heterocycles.